The summed E-state index contributed by atoms with van der Waals surface area (Å²) < 4.78 is 0. The summed E-state index contributed by atoms with van der Waals surface area (Å²) >= 11 is 0. The van der Waals surface area contributed by atoms with Crippen LogP contribution in [0.3, 0.4) is 0 Å². The second-order valence-corrected chi connectivity index (χ2v) is 6.82. The van der Waals surface area contributed by atoms with Crippen molar-refractivity contribution in [1.29, 1.82) is 0 Å². The first-order valence-electron chi connectivity index (χ1n) is 8.33. The fourth-order valence-electron chi connectivity index (χ4n) is 3.72. The molecular formula is C19H25NO2. The van der Waals surface area contributed by atoms with Gasteiger partial charge >= 0.3 is 0 Å². The average molecular weight is 299 g/mol. The number of aryl methyl sites for hydroxylation is 1. The van der Waals surface area contributed by atoms with E-state index in [-0.39, 0.29) is 11.8 Å². The molecule has 2 aliphatic rings. The van der Waals surface area contributed by atoms with Crippen molar-refractivity contribution in [2.24, 2.45) is 5.92 Å². The number of benzene rings is 1. The predicted octanol–water partition coefficient (Wildman–Crippen LogP) is 3.16. The van der Waals surface area contributed by atoms with Gasteiger partial charge in [-0.05, 0) is 37.8 Å². The molecule has 1 amide bonds. The van der Waals surface area contributed by atoms with Gasteiger partial charge in [-0.25, -0.2) is 0 Å². The number of piperidine rings is 1. The summed E-state index contributed by atoms with van der Waals surface area (Å²) in [5.41, 5.74) is 1.75. The van der Waals surface area contributed by atoms with Gasteiger partial charge in [0.15, 0.2) is 0 Å². The highest BCUT2D eigenvalue weighted by molar-refractivity contribution is 5.91. The van der Waals surface area contributed by atoms with Gasteiger partial charge in [0, 0.05) is 25.1 Å². The Balaban J connectivity index is 1.62. The van der Waals surface area contributed by atoms with Gasteiger partial charge in [-0.3, -0.25) is 4.79 Å². The van der Waals surface area contributed by atoms with Crippen molar-refractivity contribution in [2.45, 2.75) is 44.6 Å². The van der Waals surface area contributed by atoms with Gasteiger partial charge in [0.25, 0.3) is 0 Å². The quantitative estimate of drug-likeness (QED) is 0.852. The van der Waals surface area contributed by atoms with Crippen LogP contribution in [0.15, 0.2) is 30.3 Å². The van der Waals surface area contributed by atoms with E-state index in [1.54, 1.807) is 6.08 Å². The van der Waals surface area contributed by atoms with Gasteiger partial charge in [0.2, 0.25) is 5.91 Å². The molecule has 1 aliphatic heterocycles. The number of hydrogen-bond donors (Lipinski definition) is 1. The normalized spacial score (nSPS) is 28.6. The largest absolute Gasteiger partial charge is 0.389 e. The number of amides is 1. The summed E-state index contributed by atoms with van der Waals surface area (Å²) in [5.74, 6) is 0.319. The number of rotatable bonds is 2. The Morgan fingerprint density at radius 1 is 1.27 bits per heavy atom. The molecule has 0 aromatic heterocycles. The Morgan fingerprint density at radius 3 is 2.82 bits per heavy atom. The molecule has 3 rings (SSSR count). The number of aliphatic hydroxyl groups is 1. The fourth-order valence-corrected chi connectivity index (χ4v) is 3.72. The molecule has 1 N–H and O–H groups in total. The minimum atomic E-state index is -0.518. The Labute approximate surface area is 132 Å². The van der Waals surface area contributed by atoms with Crippen molar-refractivity contribution in [2.75, 3.05) is 13.1 Å². The SMILES string of the molecule is Cc1ccc(C=CC(=O)N2CC[C@]3(O)CCCC[C@H]3C2)cc1. The van der Waals surface area contributed by atoms with Crippen LogP contribution in [0, 0.1) is 12.8 Å². The monoisotopic (exact) mass is 299 g/mol. The number of carbonyl (C=O) groups excluding carboxylic acids is 1. The summed E-state index contributed by atoms with van der Waals surface area (Å²) in [4.78, 5) is 14.3. The molecule has 0 spiro atoms. The molecule has 1 aromatic carbocycles. The summed E-state index contributed by atoms with van der Waals surface area (Å²) in [5, 5.41) is 10.7. The molecule has 3 heteroatoms. The van der Waals surface area contributed by atoms with Crippen LogP contribution in [-0.4, -0.2) is 34.6 Å². The number of nitrogens with zero attached hydrogens (tertiary/aromatic N) is 1. The molecule has 0 unspecified atom stereocenters. The zero-order valence-corrected chi connectivity index (χ0v) is 13.3. The molecule has 1 saturated heterocycles. The van der Waals surface area contributed by atoms with Crippen molar-refractivity contribution in [3.8, 4) is 0 Å². The summed E-state index contributed by atoms with van der Waals surface area (Å²) in [6.45, 7) is 3.43. The minimum Gasteiger partial charge on any atom is -0.389 e. The van der Waals surface area contributed by atoms with E-state index in [1.807, 2.05) is 35.2 Å². The first-order chi connectivity index (χ1) is 10.6. The van der Waals surface area contributed by atoms with Crippen LogP contribution >= 0.6 is 0 Å². The molecule has 0 radical (unpaired) electrons. The average Bonchev–Trinajstić information content (AvgIpc) is 2.53. The molecule has 3 nitrogen and oxygen atoms in total. The van der Waals surface area contributed by atoms with Gasteiger partial charge in [-0.1, -0.05) is 42.7 Å². The fraction of sp³-hybridized carbons (Fsp3) is 0.526. The summed E-state index contributed by atoms with van der Waals surface area (Å²) in [6.07, 6.45) is 8.51. The van der Waals surface area contributed by atoms with Gasteiger partial charge in [-0.2, -0.15) is 0 Å². The summed E-state index contributed by atoms with van der Waals surface area (Å²) in [6, 6.07) is 8.14. The summed E-state index contributed by atoms with van der Waals surface area (Å²) in [7, 11) is 0. The van der Waals surface area contributed by atoms with E-state index in [4.69, 9.17) is 0 Å². The zero-order chi connectivity index (χ0) is 15.6. The lowest BCUT2D eigenvalue weighted by atomic mass is 9.71. The Bertz CT molecular complexity index is 563. The molecule has 2 fully saturated rings. The van der Waals surface area contributed by atoms with E-state index in [0.29, 0.717) is 13.1 Å². The van der Waals surface area contributed by atoms with Crippen molar-refractivity contribution in [1.82, 2.24) is 4.90 Å². The highest BCUT2D eigenvalue weighted by atomic mass is 16.3. The first-order valence-corrected chi connectivity index (χ1v) is 8.33. The molecule has 22 heavy (non-hydrogen) atoms. The van der Waals surface area contributed by atoms with E-state index < -0.39 is 5.60 Å². The number of fused-ring (bicyclic) bond motifs is 1. The molecule has 1 aliphatic carbocycles. The molecule has 1 saturated carbocycles. The number of likely N-dealkylation sites (tertiary alicyclic amines) is 1. The van der Waals surface area contributed by atoms with Crippen LogP contribution in [0.25, 0.3) is 6.08 Å². The smallest absolute Gasteiger partial charge is 0.246 e. The molecular weight excluding hydrogens is 274 g/mol. The van der Waals surface area contributed by atoms with E-state index in [2.05, 4.69) is 6.92 Å². The second-order valence-electron chi connectivity index (χ2n) is 6.82. The highest BCUT2D eigenvalue weighted by Gasteiger charge is 2.43. The van der Waals surface area contributed by atoms with Crippen LogP contribution in [-0.2, 0) is 4.79 Å². The topological polar surface area (TPSA) is 40.5 Å². The van der Waals surface area contributed by atoms with E-state index in [1.165, 1.54) is 12.0 Å². The number of carbonyl (C=O) groups is 1. The van der Waals surface area contributed by atoms with E-state index >= 15 is 0 Å². The number of hydrogen-bond acceptors (Lipinski definition) is 2. The molecule has 1 heterocycles. The Kier molecular flexibility index (Phi) is 4.34. The van der Waals surface area contributed by atoms with Gasteiger partial charge < -0.3 is 10.0 Å². The van der Waals surface area contributed by atoms with E-state index in [9.17, 15) is 9.90 Å². The van der Waals surface area contributed by atoms with Crippen molar-refractivity contribution in [3.63, 3.8) is 0 Å². The van der Waals surface area contributed by atoms with Crippen LogP contribution in [0.5, 0.6) is 0 Å². The van der Waals surface area contributed by atoms with Crippen LogP contribution < -0.4 is 0 Å². The van der Waals surface area contributed by atoms with Crippen molar-refractivity contribution in [3.05, 3.63) is 41.5 Å². The maximum Gasteiger partial charge on any atom is 0.246 e. The molecule has 2 atom stereocenters. The lowest BCUT2D eigenvalue weighted by molar-refractivity contribution is -0.138. The second kappa shape index (κ2) is 6.25. The minimum absolute atomic E-state index is 0.0631. The lowest BCUT2D eigenvalue weighted by Crippen LogP contribution is -2.54. The van der Waals surface area contributed by atoms with Crippen LogP contribution in [0.2, 0.25) is 0 Å². The Hall–Kier alpha value is -1.61. The zero-order valence-electron chi connectivity index (χ0n) is 13.3. The van der Waals surface area contributed by atoms with Crippen LogP contribution in [0.4, 0.5) is 0 Å². The third kappa shape index (κ3) is 3.25. The van der Waals surface area contributed by atoms with Crippen LogP contribution in [0.1, 0.15) is 43.2 Å². The Morgan fingerprint density at radius 2 is 2.05 bits per heavy atom. The molecule has 118 valence electrons. The van der Waals surface area contributed by atoms with Gasteiger partial charge in [-0.15, -0.1) is 0 Å². The first kappa shape index (κ1) is 15.3. The highest BCUT2D eigenvalue weighted by Crippen LogP contribution is 2.39. The van der Waals surface area contributed by atoms with Crippen molar-refractivity contribution < 1.29 is 9.90 Å². The lowest BCUT2D eigenvalue weighted by Gasteiger charge is -2.47. The van der Waals surface area contributed by atoms with Gasteiger partial charge in [0.1, 0.15) is 0 Å². The van der Waals surface area contributed by atoms with Crippen molar-refractivity contribution >= 4 is 12.0 Å². The maximum absolute atomic E-state index is 12.4. The maximum atomic E-state index is 12.4. The molecule has 0 bridgehead atoms. The third-order valence-corrected chi connectivity index (χ3v) is 5.24. The predicted molar refractivity (Wildman–Crippen MR) is 88.3 cm³/mol. The van der Waals surface area contributed by atoms with E-state index in [0.717, 1.165) is 31.2 Å². The third-order valence-electron chi connectivity index (χ3n) is 5.24. The molecule has 1 aromatic rings. The standard InChI is InChI=1S/C19H25NO2/c1-15-5-7-16(8-6-15)9-10-18(21)20-13-12-19(22)11-3-2-4-17(19)14-20/h5-10,17,22H,2-4,11-14H2,1H3/t17-,19+/m0/s1. The van der Waals surface area contributed by atoms with Gasteiger partial charge in [0.05, 0.1) is 5.60 Å².